The fourth-order valence-electron chi connectivity index (χ4n) is 2.29. The van der Waals surface area contributed by atoms with Crippen molar-refractivity contribution in [2.75, 3.05) is 12.4 Å². The van der Waals surface area contributed by atoms with Crippen LogP contribution < -0.4 is 14.8 Å². The lowest BCUT2D eigenvalue weighted by molar-refractivity contribution is -0.132. The Bertz CT molecular complexity index is 963. The number of rotatable bonds is 4. The largest absolute Gasteiger partial charge is 0.493 e. The second-order valence-electron chi connectivity index (χ2n) is 5.06. The summed E-state index contributed by atoms with van der Waals surface area (Å²) in [5.74, 6) is -1.83. The number of carbonyl (C=O) groups is 1. The van der Waals surface area contributed by atoms with Gasteiger partial charge in [0.15, 0.2) is 23.1 Å². The van der Waals surface area contributed by atoms with Crippen LogP contribution in [0.3, 0.4) is 0 Å². The molecule has 0 unspecified atom stereocenters. The molecule has 0 fully saturated rings. The molecule has 0 aliphatic carbocycles. The summed E-state index contributed by atoms with van der Waals surface area (Å²) >= 11 is 0. The second kappa shape index (κ2) is 6.68. The van der Waals surface area contributed by atoms with Gasteiger partial charge in [-0.25, -0.2) is 18.7 Å². The van der Waals surface area contributed by atoms with Gasteiger partial charge >= 0.3 is 5.97 Å². The highest BCUT2D eigenvalue weighted by Crippen LogP contribution is 2.35. The van der Waals surface area contributed by atoms with Crippen molar-refractivity contribution in [2.24, 2.45) is 0 Å². The van der Waals surface area contributed by atoms with Gasteiger partial charge in [-0.1, -0.05) is 6.07 Å². The predicted molar refractivity (Wildman–Crippen MR) is 87.0 cm³/mol. The smallest absolute Gasteiger partial charge is 0.308 e. The van der Waals surface area contributed by atoms with Crippen LogP contribution in [0.15, 0.2) is 36.7 Å². The Morgan fingerprint density at radius 1 is 1.16 bits per heavy atom. The van der Waals surface area contributed by atoms with Crippen molar-refractivity contribution in [3.63, 3.8) is 0 Å². The zero-order chi connectivity index (χ0) is 18.0. The van der Waals surface area contributed by atoms with Crippen molar-refractivity contribution in [1.82, 2.24) is 9.97 Å². The summed E-state index contributed by atoms with van der Waals surface area (Å²) in [5, 5.41) is 3.17. The second-order valence-corrected chi connectivity index (χ2v) is 5.06. The zero-order valence-corrected chi connectivity index (χ0v) is 13.3. The number of nitrogens with one attached hydrogen (secondary N) is 1. The van der Waals surface area contributed by atoms with Gasteiger partial charge in [0.1, 0.15) is 12.1 Å². The van der Waals surface area contributed by atoms with E-state index in [0.29, 0.717) is 16.7 Å². The fraction of sp³-hybridized carbons (Fsp3) is 0.118. The summed E-state index contributed by atoms with van der Waals surface area (Å²) in [6, 6.07) is 6.82. The predicted octanol–water partition coefficient (Wildman–Crippen LogP) is 3.59. The maximum absolute atomic E-state index is 13.9. The number of nitrogens with zero attached hydrogens (tertiary/aromatic N) is 2. The van der Waals surface area contributed by atoms with E-state index in [-0.39, 0.29) is 17.3 Å². The summed E-state index contributed by atoms with van der Waals surface area (Å²) in [4.78, 5) is 19.4. The lowest BCUT2D eigenvalue weighted by Gasteiger charge is -2.12. The topological polar surface area (TPSA) is 73.3 Å². The lowest BCUT2D eigenvalue weighted by atomic mass is 10.2. The molecule has 128 valence electrons. The number of anilines is 2. The van der Waals surface area contributed by atoms with E-state index in [9.17, 15) is 13.6 Å². The van der Waals surface area contributed by atoms with Gasteiger partial charge in [-0.05, 0) is 18.2 Å². The Labute approximate surface area is 141 Å². The Morgan fingerprint density at radius 2 is 1.96 bits per heavy atom. The molecule has 6 nitrogen and oxygen atoms in total. The molecule has 0 radical (unpaired) electrons. The molecule has 0 saturated heterocycles. The number of aromatic nitrogens is 2. The number of methoxy groups -OCH3 is 1. The standard InChI is InChI=1S/C17H13F2N3O3/c1-9(23)25-15-6-10-13(7-14(15)24-2)20-8-21-17(10)22-12-5-3-4-11(18)16(12)19/h3-8H,1-2H3,(H,20,21,22). The zero-order valence-electron chi connectivity index (χ0n) is 13.3. The fourth-order valence-corrected chi connectivity index (χ4v) is 2.29. The first-order valence-electron chi connectivity index (χ1n) is 7.22. The number of esters is 1. The summed E-state index contributed by atoms with van der Waals surface area (Å²) in [5.41, 5.74) is 0.395. The van der Waals surface area contributed by atoms with Gasteiger partial charge in [-0.2, -0.15) is 0 Å². The average Bonchev–Trinajstić information content (AvgIpc) is 2.58. The summed E-state index contributed by atoms with van der Waals surface area (Å²) < 4.78 is 37.6. The van der Waals surface area contributed by atoms with Gasteiger partial charge in [0, 0.05) is 18.4 Å². The molecule has 3 rings (SSSR count). The number of ether oxygens (including phenoxy) is 2. The van der Waals surface area contributed by atoms with Crippen molar-refractivity contribution in [2.45, 2.75) is 6.92 Å². The van der Waals surface area contributed by atoms with Crippen LogP contribution in [-0.2, 0) is 4.79 Å². The third-order valence-electron chi connectivity index (χ3n) is 3.38. The monoisotopic (exact) mass is 345 g/mol. The minimum Gasteiger partial charge on any atom is -0.493 e. The molecular weight excluding hydrogens is 332 g/mol. The van der Waals surface area contributed by atoms with E-state index in [1.54, 1.807) is 6.07 Å². The number of hydrogen-bond donors (Lipinski definition) is 1. The maximum Gasteiger partial charge on any atom is 0.308 e. The highest BCUT2D eigenvalue weighted by molar-refractivity contribution is 5.93. The molecule has 1 heterocycles. The van der Waals surface area contributed by atoms with Crippen LogP contribution in [-0.4, -0.2) is 23.0 Å². The first-order chi connectivity index (χ1) is 12.0. The molecule has 0 aliphatic rings. The normalized spacial score (nSPS) is 10.6. The van der Waals surface area contributed by atoms with Gasteiger partial charge < -0.3 is 14.8 Å². The maximum atomic E-state index is 13.9. The highest BCUT2D eigenvalue weighted by atomic mass is 19.2. The van der Waals surface area contributed by atoms with E-state index >= 15 is 0 Å². The molecule has 8 heteroatoms. The summed E-state index contributed by atoms with van der Waals surface area (Å²) in [7, 11) is 1.43. The van der Waals surface area contributed by atoms with Gasteiger partial charge in [0.25, 0.3) is 0 Å². The van der Waals surface area contributed by atoms with Crippen molar-refractivity contribution in [3.8, 4) is 11.5 Å². The minimum atomic E-state index is -1.03. The molecule has 0 spiro atoms. The third-order valence-corrected chi connectivity index (χ3v) is 3.38. The molecular formula is C17H13F2N3O3. The van der Waals surface area contributed by atoms with Crippen LogP contribution in [0.4, 0.5) is 20.3 Å². The molecule has 2 aromatic carbocycles. The molecule has 3 aromatic rings. The van der Waals surface area contributed by atoms with Crippen molar-refractivity contribution >= 4 is 28.4 Å². The molecule has 1 N–H and O–H groups in total. The Balaban J connectivity index is 2.12. The molecule has 0 aliphatic heterocycles. The average molecular weight is 345 g/mol. The quantitative estimate of drug-likeness (QED) is 0.575. The molecule has 0 saturated carbocycles. The third kappa shape index (κ3) is 3.32. The van der Waals surface area contributed by atoms with E-state index in [0.717, 1.165) is 6.07 Å². The van der Waals surface area contributed by atoms with Crippen molar-refractivity contribution < 1.29 is 23.0 Å². The Hall–Kier alpha value is -3.29. The summed E-state index contributed by atoms with van der Waals surface area (Å²) in [6.07, 6.45) is 1.27. The summed E-state index contributed by atoms with van der Waals surface area (Å²) in [6.45, 7) is 1.26. The van der Waals surface area contributed by atoms with E-state index < -0.39 is 17.6 Å². The SMILES string of the molecule is COc1cc2ncnc(Nc3cccc(F)c3F)c2cc1OC(C)=O. The van der Waals surface area contributed by atoms with E-state index in [1.165, 1.54) is 38.6 Å². The number of benzene rings is 2. The molecule has 0 bridgehead atoms. The van der Waals surface area contributed by atoms with Gasteiger partial charge in [0.05, 0.1) is 18.3 Å². The van der Waals surface area contributed by atoms with E-state index in [4.69, 9.17) is 9.47 Å². The lowest BCUT2D eigenvalue weighted by Crippen LogP contribution is -2.04. The van der Waals surface area contributed by atoms with Crippen LogP contribution in [0.2, 0.25) is 0 Å². The van der Waals surface area contributed by atoms with Crippen LogP contribution in [0.5, 0.6) is 11.5 Å². The van der Waals surface area contributed by atoms with Gasteiger partial charge in [0.2, 0.25) is 0 Å². The first kappa shape index (κ1) is 16.6. The molecule has 25 heavy (non-hydrogen) atoms. The van der Waals surface area contributed by atoms with Gasteiger partial charge in [-0.3, -0.25) is 4.79 Å². The number of fused-ring (bicyclic) bond motifs is 1. The van der Waals surface area contributed by atoms with Crippen molar-refractivity contribution in [3.05, 3.63) is 48.3 Å². The Kier molecular flexibility index (Phi) is 4.42. The Morgan fingerprint density at radius 3 is 2.68 bits per heavy atom. The van der Waals surface area contributed by atoms with Crippen LogP contribution in [0.1, 0.15) is 6.92 Å². The van der Waals surface area contributed by atoms with Crippen LogP contribution >= 0.6 is 0 Å². The first-order valence-corrected chi connectivity index (χ1v) is 7.22. The van der Waals surface area contributed by atoms with E-state index in [1.807, 2.05) is 0 Å². The highest BCUT2D eigenvalue weighted by Gasteiger charge is 2.15. The number of hydrogen-bond acceptors (Lipinski definition) is 6. The van der Waals surface area contributed by atoms with Crippen LogP contribution in [0, 0.1) is 11.6 Å². The molecule has 1 aromatic heterocycles. The number of carbonyl (C=O) groups excluding carboxylic acids is 1. The molecule has 0 atom stereocenters. The van der Waals surface area contributed by atoms with Crippen molar-refractivity contribution in [1.29, 1.82) is 0 Å². The van der Waals surface area contributed by atoms with Crippen LogP contribution in [0.25, 0.3) is 10.9 Å². The minimum absolute atomic E-state index is 0.0788. The number of halogens is 2. The molecule has 0 amide bonds. The van der Waals surface area contributed by atoms with Gasteiger partial charge in [-0.15, -0.1) is 0 Å². The van der Waals surface area contributed by atoms with E-state index in [2.05, 4.69) is 15.3 Å².